The van der Waals surface area contributed by atoms with E-state index >= 15 is 0 Å². The molecule has 0 radical (unpaired) electrons. The molecule has 3 rings (SSSR count). The van der Waals surface area contributed by atoms with Crippen LogP contribution in [0.2, 0.25) is 0 Å². The number of rotatable bonds is 7. The Hall–Kier alpha value is -3.02. The smallest absolute Gasteiger partial charge is 0.416 e. The van der Waals surface area contributed by atoms with Crippen molar-refractivity contribution < 1.29 is 31.3 Å². The van der Waals surface area contributed by atoms with E-state index in [0.717, 1.165) is 10.6 Å². The number of alkyl halides is 3. The number of carbonyl (C=O) groups is 2. The maximum atomic E-state index is 14.8. The number of aromatic nitrogens is 1. The van der Waals surface area contributed by atoms with Gasteiger partial charge in [0.05, 0.1) is 11.3 Å². The van der Waals surface area contributed by atoms with Gasteiger partial charge in [-0.15, -0.1) is 0 Å². The van der Waals surface area contributed by atoms with Gasteiger partial charge in [-0.25, -0.2) is 4.39 Å². The third-order valence-corrected chi connectivity index (χ3v) is 5.72. The Morgan fingerprint density at radius 2 is 1.83 bits per heavy atom. The molecular formula is C23H27F4N3O4S. The molecule has 1 aromatic carbocycles. The Balaban J connectivity index is 0.00000210. The van der Waals surface area contributed by atoms with Crippen molar-refractivity contribution in [1.82, 2.24) is 9.47 Å². The monoisotopic (exact) mass is 517 g/mol. The number of benzene rings is 1. The summed E-state index contributed by atoms with van der Waals surface area (Å²) in [4.78, 5) is 40.4. The molecule has 1 fully saturated rings. The molecule has 1 saturated carbocycles. The quantitative estimate of drug-likeness (QED) is 0.285. The van der Waals surface area contributed by atoms with E-state index in [0.29, 0.717) is 23.3 Å². The van der Waals surface area contributed by atoms with Crippen molar-refractivity contribution in [3.05, 3.63) is 51.1 Å². The van der Waals surface area contributed by atoms with Crippen molar-refractivity contribution in [3.8, 4) is 5.75 Å². The lowest BCUT2D eigenvalue weighted by Crippen LogP contribution is -2.36. The molecule has 1 aliphatic rings. The number of pyridine rings is 1. The lowest BCUT2D eigenvalue weighted by Gasteiger charge is -2.28. The molecule has 2 amide bonds. The fourth-order valence-corrected chi connectivity index (χ4v) is 3.79. The van der Waals surface area contributed by atoms with Crippen LogP contribution in [0.5, 0.6) is 5.75 Å². The highest BCUT2D eigenvalue weighted by molar-refractivity contribution is 7.95. The minimum atomic E-state index is -4.83. The first-order valence-electron chi connectivity index (χ1n) is 10.8. The van der Waals surface area contributed by atoms with Crippen LogP contribution < -0.4 is 14.6 Å². The van der Waals surface area contributed by atoms with Crippen molar-refractivity contribution in [2.75, 3.05) is 11.9 Å². The first-order chi connectivity index (χ1) is 16.4. The molecule has 0 aliphatic heterocycles. The van der Waals surface area contributed by atoms with Crippen LogP contribution in [0.1, 0.15) is 48.2 Å². The zero-order valence-electron chi connectivity index (χ0n) is 20.2. The zero-order chi connectivity index (χ0) is 26.7. The van der Waals surface area contributed by atoms with Gasteiger partial charge < -0.3 is 9.08 Å². The van der Waals surface area contributed by atoms with Crippen LogP contribution in [-0.2, 0) is 11.8 Å². The van der Waals surface area contributed by atoms with Gasteiger partial charge in [0, 0.05) is 20.1 Å². The number of nitrogens with zero attached hydrogens (tertiary/aromatic N) is 3. The molecule has 7 nitrogen and oxygen atoms in total. The van der Waals surface area contributed by atoms with Crippen molar-refractivity contribution >= 4 is 35.9 Å². The maximum Gasteiger partial charge on any atom is 0.479 e. The number of halogens is 4. The molecule has 192 valence electrons. The van der Waals surface area contributed by atoms with Gasteiger partial charge in [-0.1, -0.05) is 19.9 Å². The minimum Gasteiger partial charge on any atom is -0.416 e. The average molecular weight is 518 g/mol. The molecule has 0 atom stereocenters. The standard InChI is InChI=1S/C21H21F4N3O4S.C2H6/c1-11-5-8-15(14(22)9-11)28(10-29)18-16(20(31)26(3)13-6-7-13)17(32-33-21(23,24)25)12(2)19(30)27(18)4;1-2/h5,8-10,13H,6-7H2,1-4H3;1-2H3. The predicted octanol–water partition coefficient (Wildman–Crippen LogP) is 5.24. The molecule has 0 bridgehead atoms. The number of hydrogen-bond donors (Lipinski definition) is 0. The second-order valence-electron chi connectivity index (χ2n) is 7.71. The van der Waals surface area contributed by atoms with Gasteiger partial charge in [0.1, 0.15) is 17.2 Å². The van der Waals surface area contributed by atoms with Gasteiger partial charge in [-0.05, 0) is 44.4 Å². The van der Waals surface area contributed by atoms with Crippen LogP contribution in [0, 0.1) is 19.7 Å². The van der Waals surface area contributed by atoms with E-state index in [1.807, 2.05) is 13.8 Å². The molecular weight excluding hydrogens is 490 g/mol. The van der Waals surface area contributed by atoms with E-state index in [9.17, 15) is 31.9 Å². The van der Waals surface area contributed by atoms with Crippen molar-refractivity contribution in [2.24, 2.45) is 7.05 Å². The fraction of sp³-hybridized carbons (Fsp3) is 0.435. The molecule has 1 aromatic heterocycles. The summed E-state index contributed by atoms with van der Waals surface area (Å²) >= 11 is -0.888. The predicted molar refractivity (Wildman–Crippen MR) is 126 cm³/mol. The summed E-state index contributed by atoms with van der Waals surface area (Å²) in [5, 5.41) is 0. The van der Waals surface area contributed by atoms with Gasteiger partial charge in [0.15, 0.2) is 17.8 Å². The Morgan fingerprint density at radius 1 is 1.23 bits per heavy atom. The summed E-state index contributed by atoms with van der Waals surface area (Å²) in [6.45, 7) is 6.84. The number of amides is 2. The van der Waals surface area contributed by atoms with E-state index in [1.54, 1.807) is 6.92 Å². The summed E-state index contributed by atoms with van der Waals surface area (Å²) in [5.41, 5.74) is -6.09. The molecule has 2 aromatic rings. The van der Waals surface area contributed by atoms with Gasteiger partial charge >= 0.3 is 5.51 Å². The van der Waals surface area contributed by atoms with Crippen LogP contribution in [0.15, 0.2) is 23.0 Å². The molecule has 0 spiro atoms. The first-order valence-corrected chi connectivity index (χ1v) is 11.5. The second-order valence-corrected chi connectivity index (χ2v) is 8.50. The van der Waals surface area contributed by atoms with Gasteiger partial charge in [-0.2, -0.15) is 13.2 Å². The highest BCUT2D eigenvalue weighted by atomic mass is 32.2. The topological polar surface area (TPSA) is 71.9 Å². The molecule has 1 aliphatic carbocycles. The number of aryl methyl sites for hydroxylation is 1. The van der Waals surface area contributed by atoms with Crippen molar-refractivity contribution in [1.29, 1.82) is 0 Å². The molecule has 0 N–H and O–H groups in total. The van der Waals surface area contributed by atoms with Crippen molar-refractivity contribution in [2.45, 2.75) is 52.1 Å². The third-order valence-electron chi connectivity index (χ3n) is 5.28. The lowest BCUT2D eigenvalue weighted by molar-refractivity contribution is -0.106. The highest BCUT2D eigenvalue weighted by Crippen LogP contribution is 2.41. The maximum absolute atomic E-state index is 14.8. The highest BCUT2D eigenvalue weighted by Gasteiger charge is 2.38. The Labute approximate surface area is 204 Å². The number of carbonyl (C=O) groups excluding carboxylic acids is 2. The van der Waals surface area contributed by atoms with Crippen LogP contribution in [0.3, 0.4) is 0 Å². The van der Waals surface area contributed by atoms with Crippen LogP contribution in [-0.4, -0.2) is 40.4 Å². The fourth-order valence-electron chi connectivity index (χ4n) is 3.40. The van der Waals surface area contributed by atoms with Gasteiger partial charge in [0.25, 0.3) is 11.5 Å². The second kappa shape index (κ2) is 11.1. The van der Waals surface area contributed by atoms with Crippen LogP contribution in [0.4, 0.5) is 29.1 Å². The van der Waals surface area contributed by atoms with Crippen molar-refractivity contribution in [3.63, 3.8) is 0 Å². The Kier molecular flexibility index (Phi) is 8.99. The van der Waals surface area contributed by atoms with E-state index in [2.05, 4.69) is 0 Å². The summed E-state index contributed by atoms with van der Waals surface area (Å²) in [7, 11) is 2.70. The van der Waals surface area contributed by atoms with E-state index in [1.165, 1.54) is 38.1 Å². The van der Waals surface area contributed by atoms with E-state index in [-0.39, 0.29) is 23.7 Å². The molecule has 1 heterocycles. The minimum absolute atomic E-state index is 0.146. The summed E-state index contributed by atoms with van der Waals surface area (Å²) in [5.74, 6) is -2.62. The summed E-state index contributed by atoms with van der Waals surface area (Å²) in [6.07, 6.45) is 1.58. The number of anilines is 2. The SMILES string of the molecule is CC.Cc1ccc(N(C=O)c2c(C(=O)N(C)C3CC3)c(OSC(F)(F)F)c(C)c(=O)n2C)c(F)c1. The van der Waals surface area contributed by atoms with Crippen LogP contribution in [0.25, 0.3) is 0 Å². The Morgan fingerprint density at radius 3 is 2.31 bits per heavy atom. The molecule has 35 heavy (non-hydrogen) atoms. The summed E-state index contributed by atoms with van der Waals surface area (Å²) in [6, 6.07) is 3.78. The lowest BCUT2D eigenvalue weighted by atomic mass is 10.1. The largest absolute Gasteiger partial charge is 0.479 e. The summed E-state index contributed by atoms with van der Waals surface area (Å²) < 4.78 is 59.2. The Bertz CT molecular complexity index is 1160. The zero-order valence-corrected chi connectivity index (χ0v) is 21.0. The third kappa shape index (κ3) is 6.16. The molecule has 0 saturated heterocycles. The van der Waals surface area contributed by atoms with E-state index in [4.69, 9.17) is 4.18 Å². The van der Waals surface area contributed by atoms with Gasteiger partial charge in [-0.3, -0.25) is 23.9 Å². The van der Waals surface area contributed by atoms with E-state index < -0.39 is 52.0 Å². The normalized spacial score (nSPS) is 13.0. The van der Waals surface area contributed by atoms with Gasteiger partial charge in [0.2, 0.25) is 6.41 Å². The number of hydrogen-bond acceptors (Lipinski definition) is 5. The average Bonchev–Trinajstić information content (AvgIpc) is 3.65. The first kappa shape index (κ1) is 28.2. The molecule has 0 unspecified atom stereocenters. The molecule has 12 heteroatoms. The van der Waals surface area contributed by atoms with Crippen LogP contribution >= 0.6 is 12.0 Å².